The van der Waals surface area contributed by atoms with Crippen molar-refractivity contribution < 1.29 is 4.79 Å². The van der Waals surface area contributed by atoms with Gasteiger partial charge in [-0.15, -0.1) is 0 Å². The van der Waals surface area contributed by atoms with Crippen molar-refractivity contribution in [1.82, 2.24) is 20.2 Å². The normalized spacial score (nSPS) is 15.2. The molecule has 0 bridgehead atoms. The number of nitrogens with zero attached hydrogens (tertiary/aromatic N) is 4. The Morgan fingerprint density at radius 3 is 2.60 bits per heavy atom. The molecule has 20 heavy (non-hydrogen) atoms. The lowest BCUT2D eigenvalue weighted by Gasteiger charge is -2.27. The van der Waals surface area contributed by atoms with Crippen LogP contribution in [0.15, 0.2) is 12.4 Å². The van der Waals surface area contributed by atoms with Gasteiger partial charge in [-0.3, -0.25) is 4.79 Å². The number of amides is 1. The van der Waals surface area contributed by atoms with Crippen molar-refractivity contribution in [3.8, 4) is 0 Å². The summed E-state index contributed by atoms with van der Waals surface area (Å²) < 4.78 is 0. The molecule has 7 heteroatoms. The Morgan fingerprint density at radius 2 is 2.05 bits per heavy atom. The van der Waals surface area contributed by atoms with E-state index < -0.39 is 0 Å². The molecule has 0 aliphatic carbocycles. The van der Waals surface area contributed by atoms with Crippen LogP contribution in [0.2, 0.25) is 0 Å². The van der Waals surface area contributed by atoms with Crippen LogP contribution in [0.5, 0.6) is 0 Å². The Bertz CT molecular complexity index is 429. The van der Waals surface area contributed by atoms with Gasteiger partial charge in [-0.2, -0.15) is 0 Å². The number of likely N-dealkylation sites (N-methyl/N-ethyl adjacent to an activating group) is 1. The number of anilines is 1. The van der Waals surface area contributed by atoms with Crippen LogP contribution in [0.4, 0.5) is 5.95 Å². The zero-order valence-electron chi connectivity index (χ0n) is 11.9. The number of aromatic nitrogens is 2. The number of nitrogens with one attached hydrogen (secondary N) is 1. The summed E-state index contributed by atoms with van der Waals surface area (Å²) in [6.07, 6.45) is 3.21. The molecule has 1 saturated heterocycles. The fourth-order valence-corrected chi connectivity index (χ4v) is 2.20. The molecule has 3 N–H and O–H groups in total. The fourth-order valence-electron chi connectivity index (χ4n) is 2.20. The highest BCUT2D eigenvalue weighted by atomic mass is 16.2. The van der Waals surface area contributed by atoms with Gasteiger partial charge >= 0.3 is 0 Å². The molecule has 0 unspecified atom stereocenters. The van der Waals surface area contributed by atoms with E-state index >= 15 is 0 Å². The van der Waals surface area contributed by atoms with Crippen LogP contribution >= 0.6 is 0 Å². The smallest absolute Gasteiger partial charge is 0.257 e. The molecule has 1 fully saturated rings. The van der Waals surface area contributed by atoms with Crippen molar-refractivity contribution >= 4 is 11.9 Å². The summed E-state index contributed by atoms with van der Waals surface area (Å²) in [6, 6.07) is 0. The summed E-state index contributed by atoms with van der Waals surface area (Å²) in [5.41, 5.74) is 6.10. The quantitative estimate of drug-likeness (QED) is 0.741. The molecule has 1 aromatic heterocycles. The highest BCUT2D eigenvalue weighted by Crippen LogP contribution is 2.09. The van der Waals surface area contributed by atoms with E-state index in [1.165, 1.54) is 0 Å². The van der Waals surface area contributed by atoms with Crippen molar-refractivity contribution in [1.29, 1.82) is 0 Å². The van der Waals surface area contributed by atoms with Gasteiger partial charge in [0.05, 0.1) is 5.56 Å². The number of nitrogens with two attached hydrogens (primary N) is 1. The topological polar surface area (TPSA) is 87.4 Å². The molecule has 1 amide bonds. The summed E-state index contributed by atoms with van der Waals surface area (Å²) in [5, 5.41) is 3.22. The van der Waals surface area contributed by atoms with Crippen LogP contribution in [-0.2, 0) is 0 Å². The number of hydrogen-bond acceptors (Lipinski definition) is 6. The largest absolute Gasteiger partial charge is 0.340 e. The molecular weight excluding hydrogens is 256 g/mol. The zero-order chi connectivity index (χ0) is 14.4. The standard InChI is InChI=1S/C13H22N6O/c1-2-18(6-3-14)13-16-9-11(10-17-13)12(20)19-7-4-15-5-8-19/h9-10,15H,2-8,14H2,1H3. The van der Waals surface area contributed by atoms with E-state index in [1.807, 2.05) is 16.7 Å². The average molecular weight is 278 g/mol. The van der Waals surface area contributed by atoms with Gasteiger partial charge in [0.25, 0.3) is 5.91 Å². The van der Waals surface area contributed by atoms with Crippen LogP contribution < -0.4 is 16.0 Å². The summed E-state index contributed by atoms with van der Waals surface area (Å²) in [5.74, 6) is 0.620. The number of carbonyl (C=O) groups excluding carboxylic acids is 1. The van der Waals surface area contributed by atoms with E-state index in [2.05, 4.69) is 15.3 Å². The molecule has 1 aromatic rings. The summed E-state index contributed by atoms with van der Waals surface area (Å²) >= 11 is 0. The van der Waals surface area contributed by atoms with Crippen LogP contribution in [0, 0.1) is 0 Å². The summed E-state index contributed by atoms with van der Waals surface area (Å²) in [6.45, 7) is 7.22. The van der Waals surface area contributed by atoms with Gasteiger partial charge < -0.3 is 20.9 Å². The van der Waals surface area contributed by atoms with Gasteiger partial charge in [0.2, 0.25) is 5.95 Å². The van der Waals surface area contributed by atoms with Crippen molar-refractivity contribution in [2.75, 3.05) is 50.7 Å². The zero-order valence-corrected chi connectivity index (χ0v) is 11.9. The van der Waals surface area contributed by atoms with Gasteiger partial charge in [0.15, 0.2) is 0 Å². The Balaban J connectivity index is 2.05. The maximum Gasteiger partial charge on any atom is 0.257 e. The first-order valence-corrected chi connectivity index (χ1v) is 7.03. The molecule has 0 aromatic carbocycles. The predicted molar refractivity (Wildman–Crippen MR) is 77.7 cm³/mol. The maximum atomic E-state index is 12.3. The first kappa shape index (κ1) is 14.7. The molecule has 1 aliphatic heterocycles. The molecule has 0 atom stereocenters. The van der Waals surface area contributed by atoms with Gasteiger partial charge in [0.1, 0.15) is 0 Å². The number of hydrogen-bond donors (Lipinski definition) is 2. The average Bonchev–Trinajstić information content (AvgIpc) is 2.53. The van der Waals surface area contributed by atoms with E-state index in [9.17, 15) is 4.79 Å². The molecule has 7 nitrogen and oxygen atoms in total. The van der Waals surface area contributed by atoms with E-state index in [1.54, 1.807) is 12.4 Å². The second-order valence-electron chi connectivity index (χ2n) is 4.68. The van der Waals surface area contributed by atoms with E-state index in [0.717, 1.165) is 32.7 Å². The molecule has 110 valence electrons. The van der Waals surface area contributed by atoms with E-state index in [4.69, 9.17) is 5.73 Å². The molecule has 0 saturated carbocycles. The summed E-state index contributed by atoms with van der Waals surface area (Å²) in [7, 11) is 0. The van der Waals surface area contributed by atoms with Crippen LogP contribution in [0.1, 0.15) is 17.3 Å². The monoisotopic (exact) mass is 278 g/mol. The molecule has 1 aliphatic rings. The molecule has 0 radical (unpaired) electrons. The third kappa shape index (κ3) is 3.43. The molecule has 2 heterocycles. The lowest BCUT2D eigenvalue weighted by molar-refractivity contribution is 0.0735. The van der Waals surface area contributed by atoms with Crippen LogP contribution in [-0.4, -0.2) is 66.6 Å². The van der Waals surface area contributed by atoms with Gasteiger partial charge in [0, 0.05) is 58.2 Å². The van der Waals surface area contributed by atoms with E-state index in [-0.39, 0.29) is 5.91 Å². The number of piperazine rings is 1. The Hall–Kier alpha value is -1.73. The Morgan fingerprint density at radius 1 is 1.40 bits per heavy atom. The second-order valence-corrected chi connectivity index (χ2v) is 4.68. The predicted octanol–water partition coefficient (Wildman–Crippen LogP) is -0.693. The van der Waals surface area contributed by atoms with Crippen LogP contribution in [0.3, 0.4) is 0 Å². The van der Waals surface area contributed by atoms with Gasteiger partial charge in [-0.25, -0.2) is 9.97 Å². The Labute approximate surface area is 119 Å². The van der Waals surface area contributed by atoms with Crippen molar-refractivity contribution in [2.45, 2.75) is 6.92 Å². The minimum Gasteiger partial charge on any atom is -0.340 e. The summed E-state index contributed by atoms with van der Waals surface area (Å²) in [4.78, 5) is 24.6. The fraction of sp³-hybridized carbons (Fsp3) is 0.615. The molecule has 2 rings (SSSR count). The lowest BCUT2D eigenvalue weighted by Crippen LogP contribution is -2.46. The minimum atomic E-state index is -0.0000710. The SMILES string of the molecule is CCN(CCN)c1ncc(C(=O)N2CCNCC2)cn1. The second kappa shape index (κ2) is 7.16. The first-order chi connectivity index (χ1) is 9.76. The highest BCUT2D eigenvalue weighted by molar-refractivity contribution is 5.93. The molecule has 0 spiro atoms. The van der Waals surface area contributed by atoms with E-state index in [0.29, 0.717) is 24.6 Å². The third-order valence-corrected chi connectivity index (χ3v) is 3.35. The van der Waals surface area contributed by atoms with Gasteiger partial charge in [-0.1, -0.05) is 0 Å². The maximum absolute atomic E-state index is 12.3. The van der Waals surface area contributed by atoms with Crippen molar-refractivity contribution in [3.05, 3.63) is 18.0 Å². The minimum absolute atomic E-state index is 0.0000710. The van der Waals surface area contributed by atoms with Crippen molar-refractivity contribution in [3.63, 3.8) is 0 Å². The Kier molecular flexibility index (Phi) is 5.25. The van der Waals surface area contributed by atoms with Crippen molar-refractivity contribution in [2.24, 2.45) is 5.73 Å². The number of carbonyl (C=O) groups is 1. The van der Waals surface area contributed by atoms with Gasteiger partial charge in [-0.05, 0) is 6.92 Å². The lowest BCUT2D eigenvalue weighted by atomic mass is 10.2. The third-order valence-electron chi connectivity index (χ3n) is 3.35. The molecular formula is C13H22N6O. The first-order valence-electron chi connectivity index (χ1n) is 7.03. The highest BCUT2D eigenvalue weighted by Gasteiger charge is 2.18. The van der Waals surface area contributed by atoms with Crippen LogP contribution in [0.25, 0.3) is 0 Å². The number of rotatable bonds is 5.